The van der Waals surface area contributed by atoms with Gasteiger partial charge in [-0.1, -0.05) is 42.5 Å². The van der Waals surface area contributed by atoms with Gasteiger partial charge in [0.15, 0.2) is 0 Å². The highest BCUT2D eigenvalue weighted by Gasteiger charge is 2.21. The first-order valence-corrected chi connectivity index (χ1v) is 5.91. The molecule has 1 aliphatic carbocycles. The van der Waals surface area contributed by atoms with Crippen LogP contribution < -0.4 is 5.32 Å². The SMILES string of the molecule is C[C@H](N[C@H]1CC=CCC1O)c1ccccc1. The van der Waals surface area contributed by atoms with Crippen LogP contribution in [0.1, 0.15) is 31.4 Å². The fourth-order valence-electron chi connectivity index (χ4n) is 2.14. The Kier molecular flexibility index (Phi) is 3.75. The molecule has 0 heterocycles. The van der Waals surface area contributed by atoms with Gasteiger partial charge in [0, 0.05) is 12.1 Å². The van der Waals surface area contributed by atoms with E-state index in [0.29, 0.717) is 0 Å². The van der Waals surface area contributed by atoms with Crippen molar-refractivity contribution in [2.45, 2.75) is 38.0 Å². The number of aliphatic hydroxyl groups is 1. The summed E-state index contributed by atoms with van der Waals surface area (Å²) in [5.41, 5.74) is 1.27. The van der Waals surface area contributed by atoms with Crippen LogP contribution in [0.15, 0.2) is 42.5 Å². The fraction of sp³-hybridized carbons (Fsp3) is 0.429. The van der Waals surface area contributed by atoms with Crippen molar-refractivity contribution in [2.24, 2.45) is 0 Å². The lowest BCUT2D eigenvalue weighted by Crippen LogP contribution is -2.41. The molecule has 1 unspecified atom stereocenters. The molecule has 16 heavy (non-hydrogen) atoms. The maximum absolute atomic E-state index is 9.85. The Balaban J connectivity index is 1.97. The van der Waals surface area contributed by atoms with Gasteiger partial charge in [-0.2, -0.15) is 0 Å². The van der Waals surface area contributed by atoms with Gasteiger partial charge in [-0.25, -0.2) is 0 Å². The van der Waals surface area contributed by atoms with Crippen LogP contribution in [-0.2, 0) is 0 Å². The molecule has 2 heteroatoms. The van der Waals surface area contributed by atoms with Gasteiger partial charge >= 0.3 is 0 Å². The molecule has 0 saturated heterocycles. The van der Waals surface area contributed by atoms with Gasteiger partial charge in [-0.15, -0.1) is 0 Å². The van der Waals surface area contributed by atoms with Crippen LogP contribution in [0.4, 0.5) is 0 Å². The third kappa shape index (κ3) is 2.71. The van der Waals surface area contributed by atoms with E-state index in [2.05, 4.69) is 36.5 Å². The van der Waals surface area contributed by atoms with Gasteiger partial charge < -0.3 is 10.4 Å². The summed E-state index contributed by atoms with van der Waals surface area (Å²) in [6.07, 6.45) is 5.62. The van der Waals surface area contributed by atoms with Crippen LogP contribution in [0.25, 0.3) is 0 Å². The summed E-state index contributed by atoms with van der Waals surface area (Å²) in [6.45, 7) is 2.14. The smallest absolute Gasteiger partial charge is 0.0730 e. The zero-order chi connectivity index (χ0) is 11.4. The first-order chi connectivity index (χ1) is 7.77. The first-order valence-electron chi connectivity index (χ1n) is 5.91. The zero-order valence-corrected chi connectivity index (χ0v) is 9.63. The molecule has 2 N–H and O–H groups in total. The van der Waals surface area contributed by atoms with E-state index in [9.17, 15) is 5.11 Å². The van der Waals surface area contributed by atoms with Crippen molar-refractivity contribution in [2.75, 3.05) is 0 Å². The first kappa shape index (κ1) is 11.4. The summed E-state index contributed by atoms with van der Waals surface area (Å²) in [5.74, 6) is 0. The lowest BCUT2D eigenvalue weighted by atomic mass is 9.97. The van der Waals surface area contributed by atoms with Crippen molar-refractivity contribution in [1.29, 1.82) is 0 Å². The van der Waals surface area contributed by atoms with E-state index in [-0.39, 0.29) is 18.2 Å². The van der Waals surface area contributed by atoms with Gasteiger partial charge in [0.1, 0.15) is 0 Å². The minimum absolute atomic E-state index is 0.181. The van der Waals surface area contributed by atoms with Crippen molar-refractivity contribution in [3.05, 3.63) is 48.0 Å². The van der Waals surface area contributed by atoms with E-state index in [1.165, 1.54) is 5.56 Å². The number of aliphatic hydroxyl groups excluding tert-OH is 1. The average molecular weight is 217 g/mol. The molecular weight excluding hydrogens is 198 g/mol. The van der Waals surface area contributed by atoms with Crippen molar-refractivity contribution >= 4 is 0 Å². The van der Waals surface area contributed by atoms with E-state index in [0.717, 1.165) is 12.8 Å². The van der Waals surface area contributed by atoms with Crippen LogP contribution in [0.2, 0.25) is 0 Å². The summed E-state index contributed by atoms with van der Waals surface area (Å²) < 4.78 is 0. The van der Waals surface area contributed by atoms with Gasteiger partial charge in [0.05, 0.1) is 6.10 Å². The summed E-state index contributed by atoms with van der Waals surface area (Å²) in [5, 5.41) is 13.3. The Morgan fingerprint density at radius 1 is 1.19 bits per heavy atom. The van der Waals surface area contributed by atoms with Gasteiger partial charge in [0.2, 0.25) is 0 Å². The standard InChI is InChI=1S/C14H19NO/c1-11(12-7-3-2-4-8-12)15-13-9-5-6-10-14(13)16/h2-8,11,13-16H,9-10H2,1H3/t11-,13-,14?/m0/s1. The molecule has 0 fully saturated rings. The maximum atomic E-state index is 9.85. The molecule has 3 atom stereocenters. The van der Waals surface area contributed by atoms with Crippen LogP contribution in [0.3, 0.4) is 0 Å². The Morgan fingerprint density at radius 2 is 1.88 bits per heavy atom. The molecule has 2 nitrogen and oxygen atoms in total. The molecule has 1 aliphatic rings. The minimum Gasteiger partial charge on any atom is -0.391 e. The van der Waals surface area contributed by atoms with E-state index < -0.39 is 0 Å². The Morgan fingerprint density at radius 3 is 2.56 bits per heavy atom. The number of rotatable bonds is 3. The van der Waals surface area contributed by atoms with Crippen molar-refractivity contribution in [1.82, 2.24) is 5.32 Å². The van der Waals surface area contributed by atoms with Gasteiger partial charge in [0.25, 0.3) is 0 Å². The van der Waals surface area contributed by atoms with Crippen molar-refractivity contribution in [3.8, 4) is 0 Å². The molecule has 0 aliphatic heterocycles. The third-order valence-electron chi connectivity index (χ3n) is 3.16. The number of hydrogen-bond donors (Lipinski definition) is 2. The zero-order valence-electron chi connectivity index (χ0n) is 9.63. The second kappa shape index (κ2) is 5.28. The minimum atomic E-state index is -0.254. The predicted octanol–water partition coefficient (Wildman–Crippen LogP) is 2.42. The monoisotopic (exact) mass is 217 g/mol. The lowest BCUT2D eigenvalue weighted by molar-refractivity contribution is 0.120. The molecule has 0 bridgehead atoms. The second-order valence-electron chi connectivity index (χ2n) is 4.42. The van der Waals surface area contributed by atoms with Crippen LogP contribution in [0.5, 0.6) is 0 Å². The van der Waals surface area contributed by atoms with E-state index in [4.69, 9.17) is 0 Å². The molecule has 2 rings (SSSR count). The van der Waals surface area contributed by atoms with E-state index >= 15 is 0 Å². The molecule has 0 saturated carbocycles. The number of benzene rings is 1. The van der Waals surface area contributed by atoms with E-state index in [1.54, 1.807) is 0 Å². The largest absolute Gasteiger partial charge is 0.391 e. The highest BCUT2D eigenvalue weighted by atomic mass is 16.3. The second-order valence-corrected chi connectivity index (χ2v) is 4.42. The Bertz CT molecular complexity index is 347. The van der Waals surface area contributed by atoms with Crippen molar-refractivity contribution in [3.63, 3.8) is 0 Å². The van der Waals surface area contributed by atoms with Gasteiger partial charge in [-0.05, 0) is 25.3 Å². The van der Waals surface area contributed by atoms with Crippen LogP contribution in [0, 0.1) is 0 Å². The summed E-state index contributed by atoms with van der Waals surface area (Å²) in [6, 6.07) is 10.8. The topological polar surface area (TPSA) is 32.3 Å². The highest BCUT2D eigenvalue weighted by Crippen LogP contribution is 2.18. The molecule has 1 aromatic rings. The molecule has 0 radical (unpaired) electrons. The third-order valence-corrected chi connectivity index (χ3v) is 3.16. The molecule has 0 spiro atoms. The summed E-state index contributed by atoms with van der Waals surface area (Å²) in [7, 11) is 0. The van der Waals surface area contributed by atoms with Crippen molar-refractivity contribution < 1.29 is 5.11 Å². The van der Waals surface area contributed by atoms with Crippen LogP contribution >= 0.6 is 0 Å². The van der Waals surface area contributed by atoms with E-state index in [1.807, 2.05) is 18.2 Å². The normalized spacial score (nSPS) is 26.6. The van der Waals surface area contributed by atoms with Crippen LogP contribution in [-0.4, -0.2) is 17.3 Å². The molecular formula is C14H19NO. The quantitative estimate of drug-likeness (QED) is 0.762. The predicted molar refractivity (Wildman–Crippen MR) is 66.2 cm³/mol. The lowest BCUT2D eigenvalue weighted by Gasteiger charge is -2.28. The Hall–Kier alpha value is -1.12. The number of nitrogens with one attached hydrogen (secondary N) is 1. The van der Waals surface area contributed by atoms with Gasteiger partial charge in [-0.3, -0.25) is 0 Å². The highest BCUT2D eigenvalue weighted by molar-refractivity contribution is 5.18. The number of hydrogen-bond acceptors (Lipinski definition) is 2. The summed E-state index contributed by atoms with van der Waals surface area (Å²) in [4.78, 5) is 0. The molecule has 1 aromatic carbocycles. The Labute approximate surface area is 97.0 Å². The fourth-order valence-corrected chi connectivity index (χ4v) is 2.14. The molecule has 0 amide bonds. The summed E-state index contributed by atoms with van der Waals surface area (Å²) >= 11 is 0. The maximum Gasteiger partial charge on any atom is 0.0730 e. The average Bonchev–Trinajstić information content (AvgIpc) is 2.33. The molecule has 86 valence electrons. The molecule has 0 aromatic heterocycles.